The Balaban J connectivity index is 0.000000204. The molecule has 11 heteroatoms. The van der Waals surface area contributed by atoms with E-state index in [1.54, 1.807) is 46.3 Å². The number of pyridine rings is 2. The van der Waals surface area contributed by atoms with E-state index >= 15 is 0 Å². The Morgan fingerprint density at radius 2 is 1.30 bits per heavy atom. The van der Waals surface area contributed by atoms with Gasteiger partial charge in [0.1, 0.15) is 5.82 Å². The predicted molar refractivity (Wildman–Crippen MR) is 126 cm³/mol. The molecule has 3 N–H and O–H groups in total. The van der Waals surface area contributed by atoms with Gasteiger partial charge < -0.3 is 11.1 Å². The summed E-state index contributed by atoms with van der Waals surface area (Å²) in [5.74, 6) is 1.00. The zero-order valence-corrected chi connectivity index (χ0v) is 19.1. The Bertz CT molecular complexity index is 1130. The molecule has 0 aliphatic carbocycles. The van der Waals surface area contributed by atoms with Crippen LogP contribution in [0.1, 0.15) is 25.0 Å². The van der Waals surface area contributed by atoms with Gasteiger partial charge in [-0.15, -0.1) is 0 Å². The minimum absolute atomic E-state index is 0.117. The van der Waals surface area contributed by atoms with E-state index < -0.39 is 0 Å². The summed E-state index contributed by atoms with van der Waals surface area (Å²) in [5.41, 5.74) is 7.77. The van der Waals surface area contributed by atoms with Crippen LogP contribution in [-0.2, 0) is 22.7 Å². The van der Waals surface area contributed by atoms with E-state index in [0.29, 0.717) is 18.2 Å². The molecular weight excluding hydrogens is 444 g/mol. The number of nitrogens with zero attached hydrogens (tertiary/aromatic N) is 6. The lowest BCUT2D eigenvalue weighted by molar-refractivity contribution is -0.114. The van der Waals surface area contributed by atoms with Crippen molar-refractivity contribution in [3.63, 3.8) is 0 Å². The molecule has 0 bridgehead atoms. The lowest BCUT2D eigenvalue weighted by Crippen LogP contribution is -2.07. The number of aromatic nitrogens is 6. The third kappa shape index (κ3) is 10.7. The van der Waals surface area contributed by atoms with Crippen molar-refractivity contribution >= 4 is 34.4 Å². The minimum Gasteiger partial charge on any atom is -0.382 e. The number of carbonyl (C=O) groups excluding carboxylic acids is 2. The fraction of sp³-hybridized carbons (Fsp3) is 0.182. The normalized spacial score (nSPS) is 9.67. The summed E-state index contributed by atoms with van der Waals surface area (Å²) in [6, 6.07) is 11.3. The summed E-state index contributed by atoms with van der Waals surface area (Å²) >= 11 is 4.64. The number of halogens is 1. The fourth-order valence-electron chi connectivity index (χ4n) is 2.51. The third-order valence-corrected chi connectivity index (χ3v) is 3.79. The summed E-state index contributed by atoms with van der Waals surface area (Å²) in [4.78, 5) is 27.9. The SMILES string of the molecule is CC(=O)Cl.CC(=O)Nc1ccn(Cc2ccncc2)n1.Nc1ccn(Cc2ccncc2)n1. The Labute approximate surface area is 196 Å². The molecule has 1 amide bonds. The molecule has 0 atom stereocenters. The number of nitrogens with two attached hydrogens (primary N) is 1. The number of rotatable bonds is 5. The number of carbonyl (C=O) groups is 2. The molecule has 4 heterocycles. The molecule has 0 aliphatic rings. The monoisotopic (exact) mass is 468 g/mol. The third-order valence-electron chi connectivity index (χ3n) is 3.79. The highest BCUT2D eigenvalue weighted by atomic mass is 35.5. The van der Waals surface area contributed by atoms with Gasteiger partial charge in [0.15, 0.2) is 5.82 Å². The van der Waals surface area contributed by atoms with Gasteiger partial charge in [-0.1, -0.05) is 0 Å². The second kappa shape index (κ2) is 13.4. The van der Waals surface area contributed by atoms with Crippen LogP contribution in [0.4, 0.5) is 11.6 Å². The van der Waals surface area contributed by atoms with E-state index in [-0.39, 0.29) is 11.1 Å². The van der Waals surface area contributed by atoms with Crippen LogP contribution in [0.5, 0.6) is 0 Å². The number of nitrogen functional groups attached to an aromatic ring is 1. The van der Waals surface area contributed by atoms with Crippen molar-refractivity contribution in [1.82, 2.24) is 29.5 Å². The van der Waals surface area contributed by atoms with Gasteiger partial charge in [-0.25, -0.2) is 0 Å². The number of hydrogen-bond donors (Lipinski definition) is 2. The van der Waals surface area contributed by atoms with E-state index in [4.69, 9.17) is 5.73 Å². The van der Waals surface area contributed by atoms with Gasteiger partial charge >= 0.3 is 0 Å². The van der Waals surface area contributed by atoms with Crippen LogP contribution in [-0.4, -0.2) is 40.7 Å². The maximum atomic E-state index is 10.8. The molecule has 4 aromatic heterocycles. The van der Waals surface area contributed by atoms with Crippen LogP contribution in [0.3, 0.4) is 0 Å². The van der Waals surface area contributed by atoms with Crippen molar-refractivity contribution in [2.24, 2.45) is 0 Å². The first-order valence-electron chi connectivity index (χ1n) is 9.85. The van der Waals surface area contributed by atoms with Crippen LogP contribution in [0.15, 0.2) is 73.6 Å². The molecule has 0 unspecified atom stereocenters. The summed E-state index contributed by atoms with van der Waals surface area (Å²) in [6.07, 6.45) is 10.7. The highest BCUT2D eigenvalue weighted by molar-refractivity contribution is 6.62. The van der Waals surface area contributed by atoms with Crippen LogP contribution in [0, 0.1) is 0 Å². The maximum Gasteiger partial charge on any atom is 0.222 e. The van der Waals surface area contributed by atoms with Crippen LogP contribution in [0.2, 0.25) is 0 Å². The molecule has 0 radical (unpaired) electrons. The van der Waals surface area contributed by atoms with Gasteiger partial charge in [-0.2, -0.15) is 10.2 Å². The Morgan fingerprint density at radius 1 is 0.848 bits per heavy atom. The van der Waals surface area contributed by atoms with Gasteiger partial charge in [-0.3, -0.25) is 28.9 Å². The molecule has 4 aromatic rings. The molecule has 0 aromatic carbocycles. The number of anilines is 2. The van der Waals surface area contributed by atoms with E-state index in [2.05, 4.69) is 37.1 Å². The standard InChI is InChI=1S/C11H12N4O.C9H10N4.C2H3ClO/c1-9(16)13-11-4-7-15(14-11)8-10-2-5-12-6-3-10;10-9-3-6-13(12-9)7-8-1-4-11-5-2-8;1-2(3)4/h2-7H,8H2,1H3,(H,13,14,16);1-6H,7H2,(H2,10,12);1H3. The highest BCUT2D eigenvalue weighted by Crippen LogP contribution is 2.05. The van der Waals surface area contributed by atoms with E-state index in [1.807, 2.05) is 36.7 Å². The number of hydrogen-bond acceptors (Lipinski definition) is 7. The van der Waals surface area contributed by atoms with Crippen molar-refractivity contribution in [3.05, 3.63) is 84.7 Å². The van der Waals surface area contributed by atoms with E-state index in [9.17, 15) is 9.59 Å². The summed E-state index contributed by atoms with van der Waals surface area (Å²) in [7, 11) is 0. The smallest absolute Gasteiger partial charge is 0.222 e. The van der Waals surface area contributed by atoms with Crippen molar-refractivity contribution in [2.45, 2.75) is 26.9 Å². The van der Waals surface area contributed by atoms with Gasteiger partial charge in [0, 0.05) is 57.1 Å². The molecule has 0 saturated heterocycles. The number of amides is 1. The fourth-order valence-corrected chi connectivity index (χ4v) is 2.51. The lowest BCUT2D eigenvalue weighted by Gasteiger charge is -2.00. The van der Waals surface area contributed by atoms with Crippen molar-refractivity contribution in [3.8, 4) is 0 Å². The zero-order chi connectivity index (χ0) is 24.1. The van der Waals surface area contributed by atoms with E-state index in [0.717, 1.165) is 17.7 Å². The first-order valence-corrected chi connectivity index (χ1v) is 10.2. The largest absolute Gasteiger partial charge is 0.382 e. The van der Waals surface area contributed by atoms with Crippen LogP contribution in [0.25, 0.3) is 0 Å². The maximum absolute atomic E-state index is 10.8. The van der Waals surface area contributed by atoms with Gasteiger partial charge in [0.2, 0.25) is 11.1 Å². The average molecular weight is 469 g/mol. The number of nitrogens with one attached hydrogen (secondary N) is 1. The predicted octanol–water partition coefficient (Wildman–Crippen LogP) is 2.97. The van der Waals surface area contributed by atoms with Crippen molar-refractivity contribution < 1.29 is 9.59 Å². The molecular formula is C22H25ClN8O2. The van der Waals surface area contributed by atoms with Gasteiger partial charge in [-0.05, 0) is 53.1 Å². The summed E-state index contributed by atoms with van der Waals surface area (Å²) in [5, 5.41) is 10.6. The highest BCUT2D eigenvalue weighted by Gasteiger charge is 2.01. The molecule has 10 nitrogen and oxygen atoms in total. The van der Waals surface area contributed by atoms with Gasteiger partial charge in [0.05, 0.1) is 13.1 Å². The Hall–Kier alpha value is -4.05. The minimum atomic E-state index is -0.361. The summed E-state index contributed by atoms with van der Waals surface area (Å²) in [6.45, 7) is 4.16. The van der Waals surface area contributed by atoms with Crippen molar-refractivity contribution in [2.75, 3.05) is 11.1 Å². The first-order chi connectivity index (χ1) is 15.8. The average Bonchev–Trinajstić information content (AvgIpc) is 3.37. The van der Waals surface area contributed by atoms with Gasteiger partial charge in [0.25, 0.3) is 0 Å². The molecule has 0 spiro atoms. The van der Waals surface area contributed by atoms with E-state index in [1.165, 1.54) is 13.8 Å². The Kier molecular flexibility index (Phi) is 10.2. The second-order valence-electron chi connectivity index (χ2n) is 6.70. The summed E-state index contributed by atoms with van der Waals surface area (Å²) < 4.78 is 3.56. The molecule has 4 rings (SSSR count). The van der Waals surface area contributed by atoms with Crippen LogP contribution < -0.4 is 11.1 Å². The quantitative estimate of drug-likeness (QED) is 0.430. The first kappa shape index (κ1) is 25.2. The molecule has 33 heavy (non-hydrogen) atoms. The molecule has 0 saturated carbocycles. The molecule has 172 valence electrons. The van der Waals surface area contributed by atoms with Crippen molar-refractivity contribution in [1.29, 1.82) is 0 Å². The second-order valence-corrected chi connectivity index (χ2v) is 7.23. The molecule has 0 aliphatic heterocycles. The topological polar surface area (TPSA) is 134 Å². The Morgan fingerprint density at radius 3 is 1.73 bits per heavy atom. The molecule has 0 fully saturated rings. The lowest BCUT2D eigenvalue weighted by atomic mass is 10.3. The zero-order valence-electron chi connectivity index (χ0n) is 18.3. The van der Waals surface area contributed by atoms with Crippen LogP contribution >= 0.6 is 11.6 Å².